The van der Waals surface area contributed by atoms with Crippen LogP contribution in [0.4, 0.5) is 8.78 Å². The minimum absolute atomic E-state index is 0.00621. The molecule has 1 aromatic rings. The maximum atomic E-state index is 13.9. The average molecular weight is 446 g/mol. The molecule has 2 heterocycles. The van der Waals surface area contributed by atoms with E-state index in [4.69, 9.17) is 4.74 Å². The first kappa shape index (κ1) is 21.2. The summed E-state index contributed by atoms with van der Waals surface area (Å²) >= 11 is 1.74. The third-order valence-corrected chi connectivity index (χ3v) is 8.40. The van der Waals surface area contributed by atoms with Gasteiger partial charge in [-0.25, -0.2) is 21.9 Å². The zero-order valence-corrected chi connectivity index (χ0v) is 17.5. The number of ether oxygens (including phenoxy) is 1. The van der Waals surface area contributed by atoms with E-state index in [0.29, 0.717) is 11.2 Å². The summed E-state index contributed by atoms with van der Waals surface area (Å²) < 4.78 is 61.4. The monoisotopic (exact) mass is 445 g/mol. The molecule has 2 fully saturated rings. The average Bonchev–Trinajstić information content (AvgIpc) is 3.15. The summed E-state index contributed by atoms with van der Waals surface area (Å²) in [5.74, 6) is -1.88. The van der Waals surface area contributed by atoms with Crippen LogP contribution in [0.1, 0.15) is 32.1 Å². The molecule has 5 unspecified atom stereocenters. The molecule has 1 saturated carbocycles. The van der Waals surface area contributed by atoms with Gasteiger partial charge in [-0.15, -0.1) is 11.8 Å². The van der Waals surface area contributed by atoms with Crippen molar-refractivity contribution >= 4 is 27.3 Å². The van der Waals surface area contributed by atoms with Gasteiger partial charge in [0.25, 0.3) is 0 Å². The van der Waals surface area contributed by atoms with E-state index in [0.717, 1.165) is 56.8 Å². The molecule has 0 radical (unpaired) electrons. The molecule has 2 bridgehead atoms. The summed E-state index contributed by atoms with van der Waals surface area (Å²) in [4.78, 5) is 3.39. The Balaban J connectivity index is 1.48. The quantitative estimate of drug-likeness (QED) is 0.729. The molecule has 1 saturated heterocycles. The van der Waals surface area contributed by atoms with Crippen molar-refractivity contribution in [1.82, 2.24) is 10.0 Å². The fraction of sp³-hybridized carbons (Fsp3) is 0.632. The van der Waals surface area contributed by atoms with Gasteiger partial charge in [0, 0.05) is 17.2 Å². The fourth-order valence-corrected chi connectivity index (χ4v) is 6.58. The third kappa shape index (κ3) is 4.82. The number of sulfonamides is 1. The maximum Gasteiger partial charge on any atom is 0.246 e. The van der Waals surface area contributed by atoms with Crippen LogP contribution in [0.15, 0.2) is 28.1 Å². The minimum atomic E-state index is -4.34. The molecule has 1 aromatic carbocycles. The third-order valence-electron chi connectivity index (χ3n) is 5.81. The Kier molecular flexibility index (Phi) is 6.55. The molecule has 4 rings (SSSR count). The number of fused-ring (bicyclic) bond motifs is 3. The zero-order valence-electron chi connectivity index (χ0n) is 15.9. The van der Waals surface area contributed by atoms with Gasteiger partial charge in [0.2, 0.25) is 10.0 Å². The Hall–Kier alpha value is -1.07. The molecule has 2 aliphatic heterocycles. The van der Waals surface area contributed by atoms with Gasteiger partial charge >= 0.3 is 0 Å². The molecule has 29 heavy (non-hydrogen) atoms. The van der Waals surface area contributed by atoms with Gasteiger partial charge in [-0.05, 0) is 31.4 Å². The lowest BCUT2D eigenvalue weighted by molar-refractivity contribution is -0.0427. The van der Waals surface area contributed by atoms with Crippen LogP contribution in [-0.4, -0.2) is 50.7 Å². The predicted molar refractivity (Wildman–Crippen MR) is 108 cm³/mol. The van der Waals surface area contributed by atoms with Crippen LogP contribution in [-0.2, 0) is 14.8 Å². The largest absolute Gasteiger partial charge is 0.358 e. The van der Waals surface area contributed by atoms with Crippen LogP contribution in [0, 0.1) is 17.6 Å². The number of benzene rings is 1. The van der Waals surface area contributed by atoms with Crippen LogP contribution in [0.25, 0.3) is 0 Å². The van der Waals surface area contributed by atoms with E-state index < -0.39 is 32.8 Å². The number of aliphatic imine (C=N–C) groups is 1. The van der Waals surface area contributed by atoms with Gasteiger partial charge in [-0.1, -0.05) is 18.9 Å². The van der Waals surface area contributed by atoms with Crippen molar-refractivity contribution in [2.75, 3.05) is 13.1 Å². The Morgan fingerprint density at radius 1 is 1.24 bits per heavy atom. The van der Waals surface area contributed by atoms with Crippen molar-refractivity contribution in [3.8, 4) is 0 Å². The smallest absolute Gasteiger partial charge is 0.246 e. The molecular formula is C19H25F2N3O3S2. The molecular weight excluding hydrogens is 420 g/mol. The van der Waals surface area contributed by atoms with Crippen molar-refractivity contribution in [2.24, 2.45) is 10.9 Å². The molecule has 10 heteroatoms. The Morgan fingerprint density at radius 3 is 2.72 bits per heavy atom. The van der Waals surface area contributed by atoms with E-state index in [1.165, 1.54) is 0 Å². The molecule has 6 nitrogen and oxygen atoms in total. The summed E-state index contributed by atoms with van der Waals surface area (Å²) in [6.07, 6.45) is 4.49. The highest BCUT2D eigenvalue weighted by Gasteiger charge is 2.39. The second kappa shape index (κ2) is 8.97. The summed E-state index contributed by atoms with van der Waals surface area (Å²) in [6, 6.07) is 3.21. The number of thioether (sulfide) groups is 1. The molecule has 160 valence electrons. The second-order valence-electron chi connectivity index (χ2n) is 7.76. The lowest BCUT2D eigenvalue weighted by Gasteiger charge is -2.32. The van der Waals surface area contributed by atoms with Gasteiger partial charge < -0.3 is 4.74 Å². The summed E-state index contributed by atoms with van der Waals surface area (Å²) in [5.41, 5.74) is 1.90. The number of hydrogen-bond donors (Lipinski definition) is 2. The van der Waals surface area contributed by atoms with Gasteiger partial charge in [0.15, 0.2) is 4.90 Å². The molecule has 0 aromatic heterocycles. The number of halogens is 2. The Labute approximate surface area is 173 Å². The van der Waals surface area contributed by atoms with E-state index in [-0.39, 0.29) is 18.7 Å². The van der Waals surface area contributed by atoms with Crippen molar-refractivity contribution in [1.29, 1.82) is 0 Å². The van der Waals surface area contributed by atoms with Gasteiger partial charge in [-0.3, -0.25) is 10.3 Å². The van der Waals surface area contributed by atoms with E-state index in [1.54, 1.807) is 11.8 Å². The Morgan fingerprint density at radius 2 is 2.00 bits per heavy atom. The highest BCUT2D eigenvalue weighted by Crippen LogP contribution is 2.37. The zero-order chi connectivity index (χ0) is 20.4. The Bertz CT molecular complexity index is 840. The number of hydrogen-bond acceptors (Lipinski definition) is 6. The van der Waals surface area contributed by atoms with E-state index in [9.17, 15) is 17.2 Å². The van der Waals surface area contributed by atoms with Crippen LogP contribution in [0.5, 0.6) is 0 Å². The second-order valence-corrected chi connectivity index (χ2v) is 10.6. The molecule has 3 aliphatic rings. The molecule has 0 spiro atoms. The lowest BCUT2D eigenvalue weighted by atomic mass is 9.84. The summed E-state index contributed by atoms with van der Waals surface area (Å²) in [7, 11) is -4.34. The van der Waals surface area contributed by atoms with Gasteiger partial charge in [-0.2, -0.15) is 0 Å². The van der Waals surface area contributed by atoms with Crippen molar-refractivity contribution in [3.05, 3.63) is 29.8 Å². The van der Waals surface area contributed by atoms with Crippen molar-refractivity contribution < 1.29 is 21.9 Å². The van der Waals surface area contributed by atoms with Crippen LogP contribution >= 0.6 is 11.8 Å². The van der Waals surface area contributed by atoms with E-state index in [1.807, 2.05) is 5.55 Å². The first-order valence-corrected chi connectivity index (χ1v) is 12.4. The molecule has 1 aliphatic carbocycles. The van der Waals surface area contributed by atoms with Crippen LogP contribution in [0.2, 0.25) is 0 Å². The number of rotatable bonds is 5. The van der Waals surface area contributed by atoms with Crippen LogP contribution in [0.3, 0.4) is 0 Å². The molecule has 5 atom stereocenters. The minimum Gasteiger partial charge on any atom is -0.358 e. The normalized spacial score (nSPS) is 32.7. The van der Waals surface area contributed by atoms with E-state index in [2.05, 4.69) is 15.0 Å². The van der Waals surface area contributed by atoms with Gasteiger partial charge in [0.05, 0.1) is 24.7 Å². The first-order valence-electron chi connectivity index (χ1n) is 9.93. The van der Waals surface area contributed by atoms with Crippen LogP contribution < -0.4 is 10.0 Å². The predicted octanol–water partition coefficient (Wildman–Crippen LogP) is 2.65. The highest BCUT2D eigenvalue weighted by molar-refractivity contribution is 8.12. The number of nitrogens with zero attached hydrogens (tertiary/aromatic N) is 1. The summed E-state index contributed by atoms with van der Waals surface area (Å²) in [5, 5.41) is 3.79. The summed E-state index contributed by atoms with van der Waals surface area (Å²) in [6.45, 7) is 0.690. The lowest BCUT2D eigenvalue weighted by Crippen LogP contribution is -2.46. The SMILES string of the molecule is O=S(=O)(NCC1NC2CCCCC(O1)C(C1CN=CS1)C2)c1c(F)cccc1F. The van der Waals surface area contributed by atoms with Gasteiger partial charge in [0.1, 0.15) is 17.9 Å². The first-order chi connectivity index (χ1) is 13.9. The molecule has 2 N–H and O–H groups in total. The molecule has 0 amide bonds. The standard InChI is InChI=1S/C19H25F2N3O3S2/c20-14-5-3-6-15(21)19(14)29(25,26)23-10-18-24-12-4-1-2-7-16(27-18)13(8-12)17-9-22-11-28-17/h3,5-6,11-13,16-18,23-24H,1-2,4,7-10H2. The van der Waals surface area contributed by atoms with Crippen molar-refractivity contribution in [3.63, 3.8) is 0 Å². The highest BCUT2D eigenvalue weighted by atomic mass is 32.2. The topological polar surface area (TPSA) is 79.8 Å². The fourth-order valence-electron chi connectivity index (χ4n) is 4.42. The van der Waals surface area contributed by atoms with Crippen molar-refractivity contribution in [2.45, 2.75) is 60.6 Å². The van der Waals surface area contributed by atoms with E-state index >= 15 is 0 Å². The number of nitrogens with one attached hydrogen (secondary N) is 2. The maximum absolute atomic E-state index is 13.9.